The topological polar surface area (TPSA) is 46.0 Å². The van der Waals surface area contributed by atoms with Crippen LogP contribution < -0.4 is 0 Å². The summed E-state index contributed by atoms with van der Waals surface area (Å²) in [6.45, 7) is 0. The van der Waals surface area contributed by atoms with Gasteiger partial charge in [-0.3, -0.25) is 0 Å². The fraction of sp³-hybridized carbons (Fsp3) is 0.0370. The van der Waals surface area contributed by atoms with Gasteiger partial charge in [0.25, 0.3) is 0 Å². The monoisotopic (exact) mass is 386 g/mol. The number of benzene rings is 4. The van der Waals surface area contributed by atoms with Crippen molar-refractivity contribution >= 4 is 43.4 Å². The van der Waals surface area contributed by atoms with Crippen molar-refractivity contribution in [1.29, 1.82) is 0 Å². The second-order valence-corrected chi connectivity index (χ2v) is 7.59. The molecule has 0 radical (unpaired) electrons. The van der Waals surface area contributed by atoms with Crippen molar-refractivity contribution in [2.75, 3.05) is 0 Å². The van der Waals surface area contributed by atoms with E-state index in [1.807, 2.05) is 48.5 Å². The summed E-state index contributed by atoms with van der Waals surface area (Å²) in [6.07, 6.45) is -0.892. The van der Waals surface area contributed by atoms with Gasteiger partial charge in [0, 0.05) is 21.5 Å². The molecule has 0 amide bonds. The van der Waals surface area contributed by atoms with Crippen molar-refractivity contribution in [3.8, 4) is 0 Å². The third kappa shape index (κ3) is 2.64. The minimum Gasteiger partial charge on any atom is -0.380 e. The number of rotatable bonds is 2. The van der Waals surface area contributed by atoms with Gasteiger partial charge >= 0.3 is 0 Å². The van der Waals surface area contributed by atoms with Crippen LogP contribution in [0.2, 0.25) is 0 Å². The molecule has 0 aliphatic heterocycles. The maximum atomic E-state index is 11.1. The molecular weight excluding hydrogens is 368 g/mol. The van der Waals surface area contributed by atoms with Gasteiger partial charge in [0.1, 0.15) is 6.10 Å². The second kappa shape index (κ2) is 6.61. The highest BCUT2D eigenvalue weighted by Gasteiger charge is 2.16. The van der Waals surface area contributed by atoms with Crippen LogP contribution in [0.5, 0.6) is 0 Å². The zero-order chi connectivity index (χ0) is 20.1. The van der Waals surface area contributed by atoms with Crippen molar-refractivity contribution in [2.45, 2.75) is 6.10 Å². The zero-order valence-electron chi connectivity index (χ0n) is 16.2. The maximum Gasteiger partial charge on any atom is 0.138 e. The Kier molecular flexibility index (Phi) is 3.76. The Bertz CT molecular complexity index is 1450. The summed E-state index contributed by atoms with van der Waals surface area (Å²) in [4.78, 5) is 9.66. The Morgan fingerprint density at radius 2 is 0.867 bits per heavy atom. The van der Waals surface area contributed by atoms with Crippen LogP contribution in [0.25, 0.3) is 43.4 Å². The molecule has 0 saturated carbocycles. The SMILES string of the molecule is OC(c1ccc2ccc3ccccc3c2n1)c1ccc2ccc3ccccc3c2n1. The number of aliphatic hydroxyl groups excluding tert-OH is 1. The summed E-state index contributed by atoms with van der Waals surface area (Å²) in [5.41, 5.74) is 3.00. The van der Waals surface area contributed by atoms with Crippen molar-refractivity contribution in [3.63, 3.8) is 0 Å². The Hall–Kier alpha value is -3.82. The van der Waals surface area contributed by atoms with Crippen LogP contribution in [0.4, 0.5) is 0 Å². The lowest BCUT2D eigenvalue weighted by molar-refractivity contribution is 0.211. The molecular formula is C27H18N2O. The molecule has 3 nitrogen and oxygen atoms in total. The van der Waals surface area contributed by atoms with E-state index in [0.717, 1.165) is 43.4 Å². The van der Waals surface area contributed by atoms with Crippen LogP contribution in [-0.4, -0.2) is 15.1 Å². The summed E-state index contributed by atoms with van der Waals surface area (Å²) >= 11 is 0. The molecule has 1 N–H and O–H groups in total. The van der Waals surface area contributed by atoms with Crippen LogP contribution in [0, 0.1) is 0 Å². The average Bonchev–Trinajstić information content (AvgIpc) is 2.82. The van der Waals surface area contributed by atoms with E-state index in [1.165, 1.54) is 0 Å². The first-order valence-electron chi connectivity index (χ1n) is 10.0. The Morgan fingerprint density at radius 3 is 1.37 bits per heavy atom. The van der Waals surface area contributed by atoms with Gasteiger partial charge in [-0.05, 0) is 22.9 Å². The standard InChI is InChI=1S/C27H18N2O/c30-27(23-15-13-19-11-9-17-5-1-3-7-21(17)25(19)28-23)24-16-14-20-12-10-18-6-2-4-8-22(18)26(20)29-24/h1-16,27,30H. The largest absolute Gasteiger partial charge is 0.380 e. The molecule has 0 aliphatic rings. The number of hydrogen-bond acceptors (Lipinski definition) is 3. The van der Waals surface area contributed by atoms with Crippen molar-refractivity contribution in [3.05, 3.63) is 108 Å². The van der Waals surface area contributed by atoms with Gasteiger partial charge < -0.3 is 5.11 Å². The van der Waals surface area contributed by atoms with Gasteiger partial charge in [0.05, 0.1) is 22.4 Å². The zero-order valence-corrected chi connectivity index (χ0v) is 16.2. The Balaban J connectivity index is 1.52. The number of fused-ring (bicyclic) bond motifs is 6. The molecule has 0 bridgehead atoms. The van der Waals surface area contributed by atoms with E-state index < -0.39 is 6.10 Å². The summed E-state index contributed by atoms with van der Waals surface area (Å²) in [6, 6.07) is 32.5. The highest BCUT2D eigenvalue weighted by molar-refractivity contribution is 6.06. The third-order valence-corrected chi connectivity index (χ3v) is 5.77. The molecule has 0 aliphatic carbocycles. The second-order valence-electron chi connectivity index (χ2n) is 7.59. The van der Waals surface area contributed by atoms with E-state index in [9.17, 15) is 5.11 Å². The van der Waals surface area contributed by atoms with Gasteiger partial charge in [-0.2, -0.15) is 0 Å². The molecule has 0 unspecified atom stereocenters. The number of aliphatic hydroxyl groups is 1. The van der Waals surface area contributed by atoms with E-state index in [4.69, 9.17) is 9.97 Å². The first kappa shape index (κ1) is 17.1. The highest BCUT2D eigenvalue weighted by atomic mass is 16.3. The summed E-state index contributed by atoms with van der Waals surface area (Å²) < 4.78 is 0. The van der Waals surface area contributed by atoms with E-state index >= 15 is 0 Å². The lowest BCUT2D eigenvalue weighted by atomic mass is 10.0. The third-order valence-electron chi connectivity index (χ3n) is 5.77. The quantitative estimate of drug-likeness (QED) is 0.362. The summed E-state index contributed by atoms with van der Waals surface area (Å²) in [5.74, 6) is 0. The van der Waals surface area contributed by atoms with Gasteiger partial charge in [0.15, 0.2) is 0 Å². The minimum atomic E-state index is -0.892. The fourth-order valence-electron chi connectivity index (χ4n) is 4.20. The number of nitrogens with zero attached hydrogens (tertiary/aromatic N) is 2. The minimum absolute atomic E-state index is 0.603. The molecule has 0 spiro atoms. The molecule has 0 atom stereocenters. The van der Waals surface area contributed by atoms with Crippen LogP contribution >= 0.6 is 0 Å². The molecule has 2 aromatic heterocycles. The van der Waals surface area contributed by atoms with Crippen LogP contribution in [0.15, 0.2) is 97.1 Å². The first-order chi connectivity index (χ1) is 14.8. The van der Waals surface area contributed by atoms with Crippen molar-refractivity contribution in [1.82, 2.24) is 9.97 Å². The van der Waals surface area contributed by atoms with Crippen molar-refractivity contribution in [2.24, 2.45) is 0 Å². The molecule has 6 aromatic rings. The van der Waals surface area contributed by atoms with E-state index in [1.54, 1.807) is 0 Å². The molecule has 0 fully saturated rings. The normalized spacial score (nSPS) is 11.8. The predicted octanol–water partition coefficient (Wildman–Crippen LogP) is 6.17. The number of hydrogen-bond donors (Lipinski definition) is 1. The van der Waals surface area contributed by atoms with Gasteiger partial charge in [-0.1, -0.05) is 84.9 Å². The van der Waals surface area contributed by atoms with E-state index in [2.05, 4.69) is 48.5 Å². The number of aromatic nitrogens is 2. The predicted molar refractivity (Wildman–Crippen MR) is 123 cm³/mol. The Labute approximate surface area is 173 Å². The fourth-order valence-corrected chi connectivity index (χ4v) is 4.20. The van der Waals surface area contributed by atoms with Gasteiger partial charge in [-0.15, -0.1) is 0 Å². The van der Waals surface area contributed by atoms with E-state index in [0.29, 0.717) is 11.4 Å². The highest BCUT2D eigenvalue weighted by Crippen LogP contribution is 2.29. The molecule has 6 rings (SSSR count). The van der Waals surface area contributed by atoms with Crippen molar-refractivity contribution < 1.29 is 5.11 Å². The first-order valence-corrected chi connectivity index (χ1v) is 10.0. The average molecular weight is 386 g/mol. The van der Waals surface area contributed by atoms with Crippen LogP contribution in [0.1, 0.15) is 17.5 Å². The smallest absolute Gasteiger partial charge is 0.138 e. The summed E-state index contributed by atoms with van der Waals surface area (Å²) in [5, 5.41) is 17.7. The molecule has 0 saturated heterocycles. The lowest BCUT2D eigenvalue weighted by Gasteiger charge is -2.13. The van der Waals surface area contributed by atoms with Gasteiger partial charge in [-0.25, -0.2) is 9.97 Å². The molecule has 142 valence electrons. The lowest BCUT2D eigenvalue weighted by Crippen LogP contribution is -2.05. The molecule has 2 heterocycles. The molecule has 4 aromatic carbocycles. The molecule has 3 heteroatoms. The Morgan fingerprint density at radius 1 is 0.467 bits per heavy atom. The van der Waals surface area contributed by atoms with Crippen LogP contribution in [-0.2, 0) is 0 Å². The van der Waals surface area contributed by atoms with Crippen LogP contribution in [0.3, 0.4) is 0 Å². The molecule has 30 heavy (non-hydrogen) atoms. The van der Waals surface area contributed by atoms with E-state index in [-0.39, 0.29) is 0 Å². The maximum absolute atomic E-state index is 11.1. The van der Waals surface area contributed by atoms with Gasteiger partial charge in [0.2, 0.25) is 0 Å². The summed E-state index contributed by atoms with van der Waals surface area (Å²) in [7, 11) is 0. The number of pyridine rings is 2.